The van der Waals surface area contributed by atoms with Crippen LogP contribution in [0.15, 0.2) is 35.3 Å². The Hall–Kier alpha value is -1.96. The molecule has 1 heterocycles. The molecular formula is C24H32N2. The average Bonchev–Trinajstić information content (AvgIpc) is 3.43. The smallest absolute Gasteiger partial charge is 0.0815 e. The summed E-state index contributed by atoms with van der Waals surface area (Å²) in [4.78, 5) is 9.56. The molecule has 0 unspecified atom stereocenters. The quantitative estimate of drug-likeness (QED) is 0.533. The number of hydrogen-bond acceptors (Lipinski definition) is 2. The molecule has 0 aliphatic heterocycles. The predicted molar refractivity (Wildman–Crippen MR) is 113 cm³/mol. The zero-order chi connectivity index (χ0) is 18.8. The molecule has 1 aliphatic rings. The van der Waals surface area contributed by atoms with Gasteiger partial charge in [-0.1, -0.05) is 59.7 Å². The third-order valence-corrected chi connectivity index (χ3v) is 5.12. The van der Waals surface area contributed by atoms with Crippen LogP contribution in [0.25, 0.3) is 11.3 Å². The highest BCUT2D eigenvalue weighted by Crippen LogP contribution is 2.38. The average molecular weight is 349 g/mol. The Kier molecular flexibility index (Phi) is 5.60. The monoisotopic (exact) mass is 348 g/mol. The van der Waals surface area contributed by atoms with Crippen LogP contribution < -0.4 is 0 Å². The summed E-state index contributed by atoms with van der Waals surface area (Å²) in [6, 6.07) is 11.6. The lowest BCUT2D eigenvalue weighted by molar-refractivity contribution is 0.806. The molecule has 2 aromatic rings. The molecule has 0 atom stereocenters. The van der Waals surface area contributed by atoms with Crippen LogP contribution >= 0.6 is 0 Å². The van der Waals surface area contributed by atoms with Gasteiger partial charge in [-0.15, -0.1) is 0 Å². The van der Waals surface area contributed by atoms with E-state index in [-0.39, 0.29) is 0 Å². The summed E-state index contributed by atoms with van der Waals surface area (Å²) >= 11 is 0. The topological polar surface area (TPSA) is 25.2 Å². The van der Waals surface area contributed by atoms with Crippen molar-refractivity contribution >= 4 is 6.21 Å². The van der Waals surface area contributed by atoms with E-state index in [9.17, 15) is 0 Å². The lowest BCUT2D eigenvalue weighted by Gasteiger charge is -2.22. The summed E-state index contributed by atoms with van der Waals surface area (Å²) in [6.07, 6.45) is 4.40. The van der Waals surface area contributed by atoms with E-state index >= 15 is 0 Å². The van der Waals surface area contributed by atoms with Crippen LogP contribution in [-0.4, -0.2) is 17.2 Å². The Labute approximate surface area is 158 Å². The maximum atomic E-state index is 4.95. The second-order valence-electron chi connectivity index (χ2n) is 8.50. The van der Waals surface area contributed by atoms with Crippen LogP contribution in [0.1, 0.15) is 94.5 Å². The molecule has 0 bridgehead atoms. The highest BCUT2D eigenvalue weighted by Gasteiger charge is 2.20. The van der Waals surface area contributed by atoms with Crippen LogP contribution in [0.3, 0.4) is 0 Å². The molecule has 138 valence electrons. The molecule has 1 aromatic heterocycles. The van der Waals surface area contributed by atoms with E-state index in [1.165, 1.54) is 35.1 Å². The summed E-state index contributed by atoms with van der Waals surface area (Å²) in [5, 5.41) is 0. The van der Waals surface area contributed by atoms with Crippen molar-refractivity contribution in [1.29, 1.82) is 0 Å². The summed E-state index contributed by atoms with van der Waals surface area (Å²) in [6.45, 7) is 13.7. The molecule has 0 spiro atoms. The number of aliphatic imine (C=N–C) groups is 1. The Balaban J connectivity index is 2.14. The van der Waals surface area contributed by atoms with Crippen molar-refractivity contribution in [3.63, 3.8) is 0 Å². The summed E-state index contributed by atoms with van der Waals surface area (Å²) in [7, 11) is 0. The SMILES string of the molecule is CC(C)c1cc(C(C)C)c(-c2cccc(C=NC3CC3)n2)c(C(C)C)c1. The molecule has 0 amide bonds. The number of pyridine rings is 1. The van der Waals surface area contributed by atoms with Gasteiger partial charge in [0.1, 0.15) is 0 Å². The molecule has 1 fully saturated rings. The minimum absolute atomic E-state index is 0.465. The minimum Gasteiger partial charge on any atom is -0.288 e. The van der Waals surface area contributed by atoms with Crippen LogP contribution in [0, 0.1) is 0 Å². The third kappa shape index (κ3) is 4.23. The number of rotatable bonds is 6. The molecule has 3 rings (SSSR count). The molecule has 0 radical (unpaired) electrons. The van der Waals surface area contributed by atoms with Crippen molar-refractivity contribution in [2.45, 2.75) is 78.2 Å². The van der Waals surface area contributed by atoms with Gasteiger partial charge in [-0.3, -0.25) is 4.99 Å². The zero-order valence-electron chi connectivity index (χ0n) is 17.1. The lowest BCUT2D eigenvalue weighted by atomic mass is 9.83. The van der Waals surface area contributed by atoms with Gasteiger partial charge in [-0.2, -0.15) is 0 Å². The zero-order valence-corrected chi connectivity index (χ0v) is 17.1. The van der Waals surface area contributed by atoms with Crippen molar-refractivity contribution in [3.05, 3.63) is 52.7 Å². The lowest BCUT2D eigenvalue weighted by Crippen LogP contribution is -2.05. The highest BCUT2D eigenvalue weighted by atomic mass is 14.8. The van der Waals surface area contributed by atoms with E-state index in [0.29, 0.717) is 23.8 Å². The summed E-state index contributed by atoms with van der Waals surface area (Å²) in [5.41, 5.74) is 7.60. The van der Waals surface area contributed by atoms with Gasteiger partial charge in [-0.25, -0.2) is 4.98 Å². The molecule has 2 nitrogen and oxygen atoms in total. The second-order valence-corrected chi connectivity index (χ2v) is 8.50. The Morgan fingerprint density at radius 1 is 0.923 bits per heavy atom. The van der Waals surface area contributed by atoms with Crippen LogP contribution in [0.2, 0.25) is 0 Å². The first-order valence-corrected chi connectivity index (χ1v) is 10.0. The van der Waals surface area contributed by atoms with E-state index in [0.717, 1.165) is 11.4 Å². The van der Waals surface area contributed by atoms with E-state index < -0.39 is 0 Å². The minimum atomic E-state index is 0.465. The van der Waals surface area contributed by atoms with Crippen LogP contribution in [0.5, 0.6) is 0 Å². The maximum absolute atomic E-state index is 4.95. The van der Waals surface area contributed by atoms with Gasteiger partial charge < -0.3 is 0 Å². The van der Waals surface area contributed by atoms with E-state index in [1.54, 1.807) is 0 Å². The molecular weight excluding hydrogens is 316 g/mol. The Bertz CT molecular complexity index is 767. The fraction of sp³-hybridized carbons (Fsp3) is 0.500. The van der Waals surface area contributed by atoms with Crippen molar-refractivity contribution in [3.8, 4) is 11.3 Å². The van der Waals surface area contributed by atoms with Gasteiger partial charge in [0.2, 0.25) is 0 Å². The largest absolute Gasteiger partial charge is 0.288 e. The number of hydrogen-bond donors (Lipinski definition) is 0. The molecule has 1 saturated carbocycles. The van der Waals surface area contributed by atoms with Crippen LogP contribution in [-0.2, 0) is 0 Å². The summed E-state index contributed by atoms with van der Waals surface area (Å²) in [5.74, 6) is 1.46. The molecule has 26 heavy (non-hydrogen) atoms. The molecule has 1 aliphatic carbocycles. The number of aromatic nitrogens is 1. The number of benzene rings is 1. The maximum Gasteiger partial charge on any atom is 0.0815 e. The van der Waals surface area contributed by atoms with Crippen LogP contribution in [0.4, 0.5) is 0 Å². The first-order chi connectivity index (χ1) is 12.4. The first-order valence-electron chi connectivity index (χ1n) is 10.0. The van der Waals surface area contributed by atoms with Gasteiger partial charge in [0.05, 0.1) is 17.4 Å². The van der Waals surface area contributed by atoms with Gasteiger partial charge >= 0.3 is 0 Å². The summed E-state index contributed by atoms with van der Waals surface area (Å²) < 4.78 is 0. The second kappa shape index (κ2) is 7.73. The van der Waals surface area contributed by atoms with Crippen molar-refractivity contribution in [2.75, 3.05) is 0 Å². The van der Waals surface area contributed by atoms with Crippen molar-refractivity contribution in [2.24, 2.45) is 4.99 Å². The Morgan fingerprint density at radius 2 is 1.54 bits per heavy atom. The van der Waals surface area contributed by atoms with E-state index in [1.807, 2.05) is 6.21 Å². The van der Waals surface area contributed by atoms with E-state index in [2.05, 4.69) is 76.9 Å². The Morgan fingerprint density at radius 3 is 2.04 bits per heavy atom. The fourth-order valence-corrected chi connectivity index (χ4v) is 3.32. The van der Waals surface area contributed by atoms with Gasteiger partial charge in [-0.05, 0) is 59.4 Å². The van der Waals surface area contributed by atoms with Gasteiger partial charge in [0, 0.05) is 11.8 Å². The molecule has 0 saturated heterocycles. The predicted octanol–water partition coefficient (Wildman–Crippen LogP) is 6.70. The fourth-order valence-electron chi connectivity index (χ4n) is 3.32. The van der Waals surface area contributed by atoms with E-state index in [4.69, 9.17) is 4.98 Å². The molecule has 1 aromatic carbocycles. The normalized spacial score (nSPS) is 15.0. The standard InChI is InChI=1S/C24H32N2/c1-15(2)18-12-21(16(3)4)24(22(13-18)17(5)6)23-9-7-8-20(26-23)14-25-19-10-11-19/h7-9,12-17,19H,10-11H2,1-6H3. The van der Waals surface area contributed by atoms with Gasteiger partial charge in [0.15, 0.2) is 0 Å². The molecule has 0 N–H and O–H groups in total. The highest BCUT2D eigenvalue weighted by molar-refractivity contribution is 5.79. The molecule has 2 heteroatoms. The number of nitrogens with zero attached hydrogens (tertiary/aromatic N) is 2. The van der Waals surface area contributed by atoms with Crippen molar-refractivity contribution < 1.29 is 0 Å². The van der Waals surface area contributed by atoms with Crippen molar-refractivity contribution in [1.82, 2.24) is 4.98 Å². The third-order valence-electron chi connectivity index (χ3n) is 5.12. The first kappa shape index (κ1) is 18.8. The van der Waals surface area contributed by atoms with Gasteiger partial charge in [0.25, 0.3) is 0 Å².